The average molecular weight is 510 g/mol. The normalized spacial score (nSPS) is 23.9. The fraction of sp³-hybridized carbons (Fsp3) is 0.500. The number of benzene rings is 1. The van der Waals surface area contributed by atoms with Crippen LogP contribution in [0.1, 0.15) is 30.9 Å². The first kappa shape index (κ1) is 24.6. The van der Waals surface area contributed by atoms with Crippen molar-refractivity contribution < 1.29 is 17.5 Å². The van der Waals surface area contributed by atoms with Gasteiger partial charge in [-0.05, 0) is 49.4 Å². The molecule has 0 spiro atoms. The van der Waals surface area contributed by atoms with Crippen molar-refractivity contribution in [2.75, 3.05) is 38.2 Å². The number of anilines is 1. The van der Waals surface area contributed by atoms with Gasteiger partial charge in [0.15, 0.2) is 0 Å². The summed E-state index contributed by atoms with van der Waals surface area (Å²) in [6.07, 6.45) is 1.81. The molecule has 2 saturated heterocycles. The summed E-state index contributed by atoms with van der Waals surface area (Å²) in [4.78, 5) is 12.8. The van der Waals surface area contributed by atoms with Gasteiger partial charge in [-0.15, -0.1) is 0 Å². The molecule has 3 atom stereocenters. The number of aromatic nitrogens is 2. The van der Waals surface area contributed by atoms with Crippen molar-refractivity contribution in [3.63, 3.8) is 0 Å². The molecule has 34 heavy (non-hydrogen) atoms. The summed E-state index contributed by atoms with van der Waals surface area (Å²) in [6, 6.07) is 6.44. The summed E-state index contributed by atoms with van der Waals surface area (Å²) in [5, 5.41) is 16.1. The maximum atomic E-state index is 15.1. The van der Waals surface area contributed by atoms with E-state index in [1.807, 2.05) is 6.07 Å². The molecule has 12 heteroatoms. The van der Waals surface area contributed by atoms with Gasteiger partial charge < -0.3 is 10.1 Å². The van der Waals surface area contributed by atoms with Crippen molar-refractivity contribution >= 4 is 27.3 Å². The lowest BCUT2D eigenvalue weighted by Gasteiger charge is -2.34. The lowest BCUT2D eigenvalue weighted by Crippen LogP contribution is -2.47. The smallest absolute Gasteiger partial charge is 0.288 e. The van der Waals surface area contributed by atoms with Crippen LogP contribution in [-0.4, -0.2) is 61.5 Å². The first-order chi connectivity index (χ1) is 16.3. The average Bonchev–Trinajstić information content (AvgIpc) is 2.86. The van der Waals surface area contributed by atoms with Crippen LogP contribution < -0.4 is 10.9 Å². The second kappa shape index (κ2) is 10.4. The predicted octanol–water partition coefficient (Wildman–Crippen LogP) is 2.58. The maximum Gasteiger partial charge on any atom is 0.288 e. The van der Waals surface area contributed by atoms with Crippen LogP contribution in [0.4, 0.5) is 10.1 Å². The third-order valence-electron chi connectivity index (χ3n) is 6.18. The van der Waals surface area contributed by atoms with Crippen LogP contribution in [0.25, 0.3) is 0 Å². The van der Waals surface area contributed by atoms with Crippen molar-refractivity contribution in [3.8, 4) is 6.07 Å². The molecule has 2 aliphatic rings. The lowest BCUT2D eigenvalue weighted by molar-refractivity contribution is 0.0595. The van der Waals surface area contributed by atoms with Gasteiger partial charge in [0.25, 0.3) is 5.56 Å². The van der Waals surface area contributed by atoms with Crippen LogP contribution in [-0.2, 0) is 14.8 Å². The number of nitrogens with one attached hydrogen (secondary N) is 1. The minimum atomic E-state index is -3.94. The molecule has 2 aliphatic heterocycles. The van der Waals surface area contributed by atoms with Gasteiger partial charge in [0.2, 0.25) is 10.0 Å². The molecule has 0 bridgehead atoms. The van der Waals surface area contributed by atoms with Crippen LogP contribution in [0.15, 0.2) is 40.2 Å². The number of rotatable bonds is 6. The molecule has 0 unspecified atom stereocenters. The third kappa shape index (κ3) is 5.10. The monoisotopic (exact) mass is 509 g/mol. The van der Waals surface area contributed by atoms with E-state index in [9.17, 15) is 13.2 Å². The summed E-state index contributed by atoms with van der Waals surface area (Å²) in [6.45, 7) is 1.58. The fourth-order valence-electron chi connectivity index (χ4n) is 4.24. The summed E-state index contributed by atoms with van der Waals surface area (Å²) in [7, 11) is -3.94. The van der Waals surface area contributed by atoms with Gasteiger partial charge >= 0.3 is 0 Å². The number of nitriles is 1. The van der Waals surface area contributed by atoms with Crippen LogP contribution in [0.5, 0.6) is 0 Å². The van der Waals surface area contributed by atoms with Crippen molar-refractivity contribution in [2.45, 2.75) is 36.4 Å². The molecule has 2 fully saturated rings. The Labute approximate surface area is 202 Å². The Balaban J connectivity index is 1.45. The first-order valence-corrected chi connectivity index (χ1v) is 12.9. The Bertz CT molecular complexity index is 1230. The summed E-state index contributed by atoms with van der Waals surface area (Å²) in [5.41, 5.74) is 0.0840. The Morgan fingerprint density at radius 3 is 2.71 bits per heavy atom. The molecule has 2 aromatic rings. The van der Waals surface area contributed by atoms with Gasteiger partial charge in [-0.3, -0.25) is 4.79 Å². The van der Waals surface area contributed by atoms with Crippen LogP contribution in [0, 0.1) is 17.2 Å². The van der Waals surface area contributed by atoms with Gasteiger partial charge in [-0.25, -0.2) is 17.5 Å². The fourth-order valence-corrected chi connectivity index (χ4v) is 5.90. The predicted molar refractivity (Wildman–Crippen MR) is 124 cm³/mol. The number of ether oxygens (including phenoxy) is 1. The minimum absolute atomic E-state index is 0.0147. The molecule has 4 rings (SSSR count). The quantitative estimate of drug-likeness (QED) is 0.636. The molecular formula is C22H25ClFN5O4S. The Morgan fingerprint density at radius 1 is 1.29 bits per heavy atom. The SMILES string of the molecule is N#Cc1ccc(S(=O)(=O)N2CC[C@H](n3ncc(NC[C@H]4CCCOC4)c(Cl)c3=O)[C@H](F)C2)cc1. The molecule has 0 radical (unpaired) electrons. The van der Waals surface area contributed by atoms with Crippen molar-refractivity contribution in [3.05, 3.63) is 51.4 Å². The molecule has 0 saturated carbocycles. The van der Waals surface area contributed by atoms with Crippen molar-refractivity contribution in [2.24, 2.45) is 5.92 Å². The van der Waals surface area contributed by atoms with E-state index in [0.29, 0.717) is 30.3 Å². The number of hydrogen-bond donors (Lipinski definition) is 1. The zero-order valence-corrected chi connectivity index (χ0v) is 19.9. The second-order valence-corrected chi connectivity index (χ2v) is 10.8. The minimum Gasteiger partial charge on any atom is -0.382 e. The summed E-state index contributed by atoms with van der Waals surface area (Å²) >= 11 is 6.27. The summed E-state index contributed by atoms with van der Waals surface area (Å²) < 4.78 is 48.4. The highest BCUT2D eigenvalue weighted by Gasteiger charge is 2.38. The van der Waals surface area contributed by atoms with Gasteiger partial charge in [-0.1, -0.05) is 11.6 Å². The topological polar surface area (TPSA) is 117 Å². The lowest BCUT2D eigenvalue weighted by atomic mass is 10.0. The van der Waals surface area contributed by atoms with E-state index in [2.05, 4.69) is 10.4 Å². The highest BCUT2D eigenvalue weighted by molar-refractivity contribution is 7.89. The van der Waals surface area contributed by atoms with E-state index in [-0.39, 0.29) is 22.9 Å². The molecule has 0 amide bonds. The van der Waals surface area contributed by atoms with Crippen molar-refractivity contribution in [1.29, 1.82) is 5.26 Å². The number of halogens is 2. The largest absolute Gasteiger partial charge is 0.382 e. The van der Waals surface area contributed by atoms with E-state index in [0.717, 1.165) is 28.4 Å². The van der Waals surface area contributed by atoms with Gasteiger partial charge in [-0.2, -0.15) is 14.7 Å². The summed E-state index contributed by atoms with van der Waals surface area (Å²) in [5.74, 6) is 0.310. The van der Waals surface area contributed by atoms with E-state index >= 15 is 4.39 Å². The van der Waals surface area contributed by atoms with Crippen LogP contribution in [0.3, 0.4) is 0 Å². The molecule has 0 aliphatic carbocycles. The van der Waals surface area contributed by atoms with Gasteiger partial charge in [0.1, 0.15) is 11.2 Å². The Kier molecular flexibility index (Phi) is 7.52. The highest BCUT2D eigenvalue weighted by Crippen LogP contribution is 2.29. The van der Waals surface area contributed by atoms with E-state index < -0.39 is 34.3 Å². The molecule has 1 aromatic carbocycles. The van der Waals surface area contributed by atoms with E-state index in [1.54, 1.807) is 0 Å². The van der Waals surface area contributed by atoms with E-state index in [1.165, 1.54) is 30.5 Å². The standard InChI is InChI=1S/C22H25ClFN5O4S/c23-21-19(26-11-16-2-1-9-33-14-16)12-27-29(22(21)30)20-7-8-28(13-18(20)24)34(31,32)17-5-3-15(10-25)4-6-17/h3-6,12,16,18,20,26H,1-2,7-9,11,13-14H2/t16-,18-,20+/m1/s1. The number of sulfonamides is 1. The zero-order valence-electron chi connectivity index (χ0n) is 18.4. The van der Waals surface area contributed by atoms with E-state index in [4.69, 9.17) is 21.6 Å². The van der Waals surface area contributed by atoms with Gasteiger partial charge in [0, 0.05) is 26.2 Å². The van der Waals surface area contributed by atoms with Crippen molar-refractivity contribution in [1.82, 2.24) is 14.1 Å². The highest BCUT2D eigenvalue weighted by atomic mass is 35.5. The number of hydrogen-bond acceptors (Lipinski definition) is 7. The van der Waals surface area contributed by atoms with Crippen LogP contribution >= 0.6 is 11.6 Å². The number of piperidine rings is 1. The molecule has 3 heterocycles. The molecule has 1 N–H and O–H groups in total. The molecular weight excluding hydrogens is 485 g/mol. The third-order valence-corrected chi connectivity index (χ3v) is 8.43. The van der Waals surface area contributed by atoms with Gasteiger partial charge in [0.05, 0.1) is 41.1 Å². The Morgan fingerprint density at radius 2 is 2.06 bits per heavy atom. The molecule has 9 nitrogen and oxygen atoms in total. The second-order valence-electron chi connectivity index (χ2n) is 8.46. The molecule has 182 valence electrons. The maximum absolute atomic E-state index is 15.1. The Hall–Kier alpha value is -2.52. The number of nitrogens with zero attached hydrogens (tertiary/aromatic N) is 4. The number of alkyl halides is 1. The first-order valence-electron chi connectivity index (χ1n) is 11.0. The zero-order chi connectivity index (χ0) is 24.3. The molecule has 1 aromatic heterocycles. The van der Waals surface area contributed by atoms with Crippen LogP contribution in [0.2, 0.25) is 5.02 Å².